The Morgan fingerprint density at radius 1 is 1.07 bits per heavy atom. The summed E-state index contributed by atoms with van der Waals surface area (Å²) >= 11 is 1.17. The monoisotopic (exact) mass is 415 g/mol. The molecule has 0 atom stereocenters. The highest BCUT2D eigenvalue weighted by Gasteiger charge is 2.17. The van der Waals surface area contributed by atoms with Crippen LogP contribution in [0.3, 0.4) is 0 Å². The number of carbonyl (C=O) groups excluding carboxylic acids is 1. The summed E-state index contributed by atoms with van der Waals surface area (Å²) in [5.74, 6) is 8.20. The standard InChI is InChI=1S/C19H21N5O4S/c1-26-12-8-9-14(16(10-12)28-3)21-17(25)11-29-19-23-22-18(24(19)20)13-6-4-5-7-15(13)27-2/h4-10H,11,20H2,1-3H3,(H,21,25). The number of nitrogens with zero attached hydrogens (tertiary/aromatic N) is 3. The first kappa shape index (κ1) is 20.3. The van der Waals surface area contributed by atoms with Gasteiger partial charge in [0.05, 0.1) is 38.3 Å². The van der Waals surface area contributed by atoms with Crippen molar-refractivity contribution in [2.45, 2.75) is 5.16 Å². The van der Waals surface area contributed by atoms with Crippen LogP contribution in [-0.2, 0) is 4.79 Å². The molecule has 10 heteroatoms. The fraction of sp³-hybridized carbons (Fsp3) is 0.211. The smallest absolute Gasteiger partial charge is 0.234 e. The van der Waals surface area contributed by atoms with Crippen LogP contribution in [0.1, 0.15) is 0 Å². The Balaban J connectivity index is 1.68. The molecule has 0 aliphatic rings. The number of thioether (sulfide) groups is 1. The molecule has 29 heavy (non-hydrogen) atoms. The maximum absolute atomic E-state index is 12.4. The van der Waals surface area contributed by atoms with Crippen LogP contribution >= 0.6 is 11.8 Å². The molecule has 1 aromatic heterocycles. The second-order valence-corrected chi connectivity index (χ2v) is 6.72. The Morgan fingerprint density at radius 2 is 1.83 bits per heavy atom. The Bertz CT molecular complexity index is 1010. The minimum Gasteiger partial charge on any atom is -0.497 e. The van der Waals surface area contributed by atoms with Crippen molar-refractivity contribution in [1.29, 1.82) is 0 Å². The molecule has 3 rings (SSSR count). The van der Waals surface area contributed by atoms with Crippen LogP contribution < -0.4 is 25.4 Å². The average molecular weight is 415 g/mol. The van der Waals surface area contributed by atoms with Crippen molar-refractivity contribution in [2.75, 3.05) is 38.2 Å². The van der Waals surface area contributed by atoms with E-state index in [2.05, 4.69) is 15.5 Å². The normalized spacial score (nSPS) is 10.4. The number of methoxy groups -OCH3 is 3. The first-order valence-corrected chi connectivity index (χ1v) is 9.54. The van der Waals surface area contributed by atoms with Crippen molar-refractivity contribution < 1.29 is 19.0 Å². The number of aromatic nitrogens is 3. The van der Waals surface area contributed by atoms with Crippen LogP contribution in [0.4, 0.5) is 5.69 Å². The molecule has 0 aliphatic carbocycles. The van der Waals surface area contributed by atoms with E-state index < -0.39 is 0 Å². The number of ether oxygens (including phenoxy) is 3. The van der Waals surface area contributed by atoms with Gasteiger partial charge in [0.2, 0.25) is 11.1 Å². The number of rotatable bonds is 8. The number of nitrogens with one attached hydrogen (secondary N) is 1. The molecular formula is C19H21N5O4S. The lowest BCUT2D eigenvalue weighted by molar-refractivity contribution is -0.113. The van der Waals surface area contributed by atoms with E-state index in [0.717, 1.165) is 0 Å². The fourth-order valence-electron chi connectivity index (χ4n) is 2.61. The molecule has 3 aromatic rings. The van der Waals surface area contributed by atoms with Crippen molar-refractivity contribution in [1.82, 2.24) is 14.9 Å². The third-order valence-corrected chi connectivity index (χ3v) is 4.97. The Morgan fingerprint density at radius 3 is 2.55 bits per heavy atom. The Labute approximate surface area is 172 Å². The molecule has 2 aromatic carbocycles. The minimum absolute atomic E-state index is 0.0937. The van der Waals surface area contributed by atoms with Gasteiger partial charge in [-0.1, -0.05) is 23.9 Å². The van der Waals surface area contributed by atoms with Gasteiger partial charge in [0.15, 0.2) is 5.82 Å². The number of anilines is 1. The molecule has 3 N–H and O–H groups in total. The second-order valence-electron chi connectivity index (χ2n) is 5.78. The molecule has 0 spiro atoms. The summed E-state index contributed by atoms with van der Waals surface area (Å²) in [6, 6.07) is 12.5. The van der Waals surface area contributed by atoms with E-state index in [4.69, 9.17) is 20.1 Å². The predicted molar refractivity (Wildman–Crippen MR) is 111 cm³/mol. The van der Waals surface area contributed by atoms with Crippen LogP contribution in [0.15, 0.2) is 47.6 Å². The summed E-state index contributed by atoms with van der Waals surface area (Å²) in [5, 5.41) is 11.4. The van der Waals surface area contributed by atoms with Gasteiger partial charge in [0.1, 0.15) is 17.2 Å². The highest BCUT2D eigenvalue weighted by Crippen LogP contribution is 2.31. The summed E-state index contributed by atoms with van der Waals surface area (Å²) in [6.07, 6.45) is 0. The number of hydrogen-bond donors (Lipinski definition) is 2. The van der Waals surface area contributed by atoms with E-state index in [1.807, 2.05) is 24.3 Å². The number of nitrogen functional groups attached to an aromatic ring is 1. The molecule has 152 valence electrons. The van der Waals surface area contributed by atoms with Crippen molar-refractivity contribution in [2.24, 2.45) is 0 Å². The van der Waals surface area contributed by atoms with Gasteiger partial charge >= 0.3 is 0 Å². The second kappa shape index (κ2) is 9.20. The summed E-state index contributed by atoms with van der Waals surface area (Å²) in [5.41, 5.74) is 1.26. The lowest BCUT2D eigenvalue weighted by Gasteiger charge is -2.11. The Kier molecular flexibility index (Phi) is 6.45. The summed E-state index contributed by atoms with van der Waals surface area (Å²) < 4.78 is 17.1. The fourth-order valence-corrected chi connectivity index (χ4v) is 3.26. The van der Waals surface area contributed by atoms with Crippen LogP contribution in [0.2, 0.25) is 0 Å². The van der Waals surface area contributed by atoms with Gasteiger partial charge in [-0.2, -0.15) is 0 Å². The highest BCUT2D eigenvalue weighted by atomic mass is 32.2. The molecular weight excluding hydrogens is 394 g/mol. The maximum Gasteiger partial charge on any atom is 0.234 e. The van der Waals surface area contributed by atoms with E-state index in [1.165, 1.54) is 23.5 Å². The van der Waals surface area contributed by atoms with Crippen LogP contribution in [-0.4, -0.2) is 47.9 Å². The maximum atomic E-state index is 12.4. The van der Waals surface area contributed by atoms with Gasteiger partial charge in [-0.05, 0) is 24.3 Å². The molecule has 0 fully saturated rings. The van der Waals surface area contributed by atoms with Gasteiger partial charge in [-0.3, -0.25) is 4.79 Å². The van der Waals surface area contributed by atoms with E-state index in [9.17, 15) is 4.79 Å². The zero-order valence-corrected chi connectivity index (χ0v) is 17.0. The number of hydrogen-bond acceptors (Lipinski definition) is 8. The quantitative estimate of drug-likeness (QED) is 0.426. The molecule has 1 amide bonds. The van der Waals surface area contributed by atoms with Gasteiger partial charge in [0.25, 0.3) is 0 Å². The molecule has 0 unspecified atom stereocenters. The van der Waals surface area contributed by atoms with Crippen LogP contribution in [0.25, 0.3) is 11.4 Å². The summed E-state index contributed by atoms with van der Waals surface area (Å²) in [7, 11) is 4.66. The van der Waals surface area contributed by atoms with Gasteiger partial charge in [-0.15, -0.1) is 10.2 Å². The third kappa shape index (κ3) is 4.54. The van der Waals surface area contributed by atoms with Crippen LogP contribution in [0.5, 0.6) is 17.2 Å². The molecule has 0 saturated heterocycles. The molecule has 0 bridgehead atoms. The lowest BCUT2D eigenvalue weighted by atomic mass is 10.2. The zero-order valence-electron chi connectivity index (χ0n) is 16.2. The van der Waals surface area contributed by atoms with Gasteiger partial charge in [-0.25, -0.2) is 4.68 Å². The molecule has 0 radical (unpaired) electrons. The predicted octanol–water partition coefficient (Wildman–Crippen LogP) is 2.42. The van der Waals surface area contributed by atoms with Crippen LogP contribution in [0, 0.1) is 0 Å². The van der Waals surface area contributed by atoms with Crippen molar-refractivity contribution in [3.05, 3.63) is 42.5 Å². The third-order valence-electron chi connectivity index (χ3n) is 4.03. The topological polar surface area (TPSA) is 114 Å². The minimum atomic E-state index is -0.236. The molecule has 0 aliphatic heterocycles. The Hall–Kier alpha value is -3.40. The van der Waals surface area contributed by atoms with E-state index >= 15 is 0 Å². The number of carbonyl (C=O) groups is 1. The first-order chi connectivity index (χ1) is 14.1. The largest absolute Gasteiger partial charge is 0.497 e. The molecule has 0 saturated carbocycles. The van der Waals surface area contributed by atoms with E-state index in [1.54, 1.807) is 32.4 Å². The summed E-state index contributed by atoms with van der Waals surface area (Å²) in [6.45, 7) is 0. The van der Waals surface area contributed by atoms with E-state index in [0.29, 0.717) is 39.5 Å². The molecule has 1 heterocycles. The SMILES string of the molecule is COc1ccc(NC(=O)CSc2nnc(-c3ccccc3OC)n2N)c(OC)c1. The van der Waals surface area contributed by atoms with E-state index in [-0.39, 0.29) is 11.7 Å². The van der Waals surface area contributed by atoms with Gasteiger partial charge in [0, 0.05) is 6.07 Å². The number of para-hydroxylation sites is 1. The number of benzene rings is 2. The zero-order chi connectivity index (χ0) is 20.8. The number of amides is 1. The lowest BCUT2D eigenvalue weighted by Crippen LogP contribution is -2.17. The average Bonchev–Trinajstić information content (AvgIpc) is 3.12. The molecule has 9 nitrogen and oxygen atoms in total. The van der Waals surface area contributed by atoms with Crippen molar-refractivity contribution in [3.8, 4) is 28.6 Å². The van der Waals surface area contributed by atoms with Gasteiger partial charge < -0.3 is 25.4 Å². The first-order valence-electron chi connectivity index (χ1n) is 8.56. The number of nitrogens with two attached hydrogens (primary N) is 1. The summed E-state index contributed by atoms with van der Waals surface area (Å²) in [4.78, 5) is 12.4. The van der Waals surface area contributed by atoms with Crippen molar-refractivity contribution >= 4 is 23.4 Å². The highest BCUT2D eigenvalue weighted by molar-refractivity contribution is 7.99. The van der Waals surface area contributed by atoms with Crippen molar-refractivity contribution in [3.63, 3.8) is 0 Å².